The van der Waals surface area contributed by atoms with Crippen LogP contribution < -0.4 is 5.32 Å². The molecule has 0 bridgehead atoms. The molecule has 0 unspecified atom stereocenters. The van der Waals surface area contributed by atoms with Gasteiger partial charge in [-0.15, -0.1) is 0 Å². The van der Waals surface area contributed by atoms with Gasteiger partial charge >= 0.3 is 0 Å². The van der Waals surface area contributed by atoms with Gasteiger partial charge in [0, 0.05) is 11.6 Å². The molecule has 0 radical (unpaired) electrons. The first-order valence-electron chi connectivity index (χ1n) is 6.56. The molecular weight excluding hydrogens is 280 g/mol. The summed E-state index contributed by atoms with van der Waals surface area (Å²) in [5.41, 5.74) is 2.37. The summed E-state index contributed by atoms with van der Waals surface area (Å²) in [6.07, 6.45) is 1.06. The maximum absolute atomic E-state index is 13.2. The molecule has 2 aromatic rings. The smallest absolute Gasteiger partial charge is 0.159 e. The van der Waals surface area contributed by atoms with Crippen molar-refractivity contribution in [3.8, 4) is 11.1 Å². The lowest BCUT2D eigenvalue weighted by Crippen LogP contribution is -2.13. The van der Waals surface area contributed by atoms with Crippen molar-refractivity contribution in [1.82, 2.24) is 5.32 Å². The van der Waals surface area contributed by atoms with Gasteiger partial charge in [0.1, 0.15) is 0 Å². The fourth-order valence-corrected chi connectivity index (χ4v) is 2.19. The van der Waals surface area contributed by atoms with Gasteiger partial charge in [0.25, 0.3) is 0 Å². The summed E-state index contributed by atoms with van der Waals surface area (Å²) >= 11 is 6.22. The van der Waals surface area contributed by atoms with E-state index >= 15 is 0 Å². The van der Waals surface area contributed by atoms with E-state index in [2.05, 4.69) is 12.2 Å². The average Bonchev–Trinajstić information content (AvgIpc) is 2.44. The Labute approximate surface area is 122 Å². The van der Waals surface area contributed by atoms with Crippen molar-refractivity contribution in [2.45, 2.75) is 19.9 Å². The number of benzene rings is 2. The Bertz CT molecular complexity index is 599. The Hall–Kier alpha value is -1.45. The third-order valence-corrected chi connectivity index (χ3v) is 3.40. The number of halogens is 3. The molecule has 0 saturated carbocycles. The van der Waals surface area contributed by atoms with Gasteiger partial charge in [-0.05, 0) is 47.9 Å². The Morgan fingerprint density at radius 1 is 1.00 bits per heavy atom. The zero-order valence-electron chi connectivity index (χ0n) is 11.2. The van der Waals surface area contributed by atoms with Crippen LogP contribution >= 0.6 is 11.6 Å². The molecule has 0 saturated heterocycles. The molecule has 1 N–H and O–H groups in total. The van der Waals surface area contributed by atoms with Crippen LogP contribution in [0.25, 0.3) is 11.1 Å². The van der Waals surface area contributed by atoms with Crippen LogP contribution in [-0.2, 0) is 6.54 Å². The first kappa shape index (κ1) is 14.9. The summed E-state index contributed by atoms with van der Waals surface area (Å²) in [6, 6.07) is 9.38. The Balaban J connectivity index is 2.21. The predicted molar refractivity (Wildman–Crippen MR) is 78.8 cm³/mol. The minimum absolute atomic E-state index is 0.610. The molecule has 0 atom stereocenters. The van der Waals surface area contributed by atoms with Crippen molar-refractivity contribution in [2.75, 3.05) is 6.54 Å². The highest BCUT2D eigenvalue weighted by Crippen LogP contribution is 2.26. The lowest BCUT2D eigenvalue weighted by Gasteiger charge is -2.09. The molecular formula is C16H16ClF2N. The van der Waals surface area contributed by atoms with Crippen LogP contribution in [0.5, 0.6) is 0 Å². The van der Waals surface area contributed by atoms with Gasteiger partial charge in [-0.1, -0.05) is 36.7 Å². The first-order valence-corrected chi connectivity index (χ1v) is 6.94. The van der Waals surface area contributed by atoms with Gasteiger partial charge in [-0.25, -0.2) is 8.78 Å². The summed E-state index contributed by atoms with van der Waals surface area (Å²) in [7, 11) is 0. The lowest BCUT2D eigenvalue weighted by molar-refractivity contribution is 0.509. The molecule has 4 heteroatoms. The van der Waals surface area contributed by atoms with E-state index in [-0.39, 0.29) is 0 Å². The summed E-state index contributed by atoms with van der Waals surface area (Å²) in [5, 5.41) is 3.90. The van der Waals surface area contributed by atoms with Crippen LogP contribution in [0.15, 0.2) is 36.4 Å². The van der Waals surface area contributed by atoms with Gasteiger partial charge in [-0.3, -0.25) is 0 Å². The maximum atomic E-state index is 13.2. The molecule has 0 fully saturated rings. The first-order chi connectivity index (χ1) is 9.61. The standard InChI is InChI=1S/C16H16ClF2N/c1-2-7-20-10-13-4-3-11(8-14(13)17)12-5-6-15(18)16(19)9-12/h3-6,8-9,20H,2,7,10H2,1H3. The topological polar surface area (TPSA) is 12.0 Å². The zero-order valence-corrected chi connectivity index (χ0v) is 12.0. The molecule has 0 aliphatic carbocycles. The monoisotopic (exact) mass is 295 g/mol. The van der Waals surface area contributed by atoms with Crippen molar-refractivity contribution >= 4 is 11.6 Å². The van der Waals surface area contributed by atoms with Crippen LogP contribution in [0.1, 0.15) is 18.9 Å². The van der Waals surface area contributed by atoms with Crippen LogP contribution in [0.2, 0.25) is 5.02 Å². The highest BCUT2D eigenvalue weighted by molar-refractivity contribution is 6.31. The van der Waals surface area contributed by atoms with Gasteiger partial charge in [0.2, 0.25) is 0 Å². The molecule has 0 aliphatic rings. The highest BCUT2D eigenvalue weighted by atomic mass is 35.5. The summed E-state index contributed by atoms with van der Waals surface area (Å²) in [4.78, 5) is 0. The fourth-order valence-electron chi connectivity index (χ4n) is 1.95. The van der Waals surface area contributed by atoms with Crippen LogP contribution in [0.4, 0.5) is 8.78 Å². The van der Waals surface area contributed by atoms with E-state index in [0.29, 0.717) is 17.1 Å². The van der Waals surface area contributed by atoms with E-state index in [0.717, 1.165) is 30.2 Å². The summed E-state index contributed by atoms with van der Waals surface area (Å²) < 4.78 is 26.2. The van der Waals surface area contributed by atoms with Crippen molar-refractivity contribution in [3.63, 3.8) is 0 Å². The molecule has 0 amide bonds. The molecule has 1 nitrogen and oxygen atoms in total. The largest absolute Gasteiger partial charge is 0.313 e. The van der Waals surface area contributed by atoms with Gasteiger partial charge in [0.05, 0.1) is 0 Å². The third kappa shape index (κ3) is 3.56. The zero-order chi connectivity index (χ0) is 14.5. The van der Waals surface area contributed by atoms with E-state index in [1.807, 2.05) is 12.1 Å². The predicted octanol–water partition coefficient (Wildman–Crippen LogP) is 4.78. The SMILES string of the molecule is CCCNCc1ccc(-c2ccc(F)c(F)c2)cc1Cl. The van der Waals surface area contributed by atoms with Crippen LogP contribution in [0.3, 0.4) is 0 Å². The number of rotatable bonds is 5. The second-order valence-electron chi connectivity index (χ2n) is 4.61. The van der Waals surface area contributed by atoms with Gasteiger partial charge < -0.3 is 5.32 Å². The van der Waals surface area contributed by atoms with Crippen molar-refractivity contribution < 1.29 is 8.78 Å². The van der Waals surface area contributed by atoms with Crippen LogP contribution in [0, 0.1) is 11.6 Å². The van der Waals surface area contributed by atoms with E-state index < -0.39 is 11.6 Å². The van der Waals surface area contributed by atoms with E-state index in [9.17, 15) is 8.78 Å². The third-order valence-electron chi connectivity index (χ3n) is 3.05. The second kappa shape index (κ2) is 6.82. The Kier molecular flexibility index (Phi) is 5.10. The number of hydrogen-bond acceptors (Lipinski definition) is 1. The summed E-state index contributed by atoms with van der Waals surface area (Å²) in [6.45, 7) is 3.73. The van der Waals surface area contributed by atoms with Crippen molar-refractivity contribution in [2.24, 2.45) is 0 Å². The van der Waals surface area contributed by atoms with E-state index in [1.54, 1.807) is 12.1 Å². The van der Waals surface area contributed by atoms with E-state index in [4.69, 9.17) is 11.6 Å². The molecule has 20 heavy (non-hydrogen) atoms. The van der Waals surface area contributed by atoms with Gasteiger partial charge in [-0.2, -0.15) is 0 Å². The molecule has 2 aromatic carbocycles. The van der Waals surface area contributed by atoms with Crippen LogP contribution in [-0.4, -0.2) is 6.54 Å². The average molecular weight is 296 g/mol. The minimum Gasteiger partial charge on any atom is -0.313 e. The molecule has 2 rings (SSSR count). The van der Waals surface area contributed by atoms with Crippen molar-refractivity contribution in [1.29, 1.82) is 0 Å². The number of nitrogens with one attached hydrogen (secondary N) is 1. The highest BCUT2D eigenvalue weighted by Gasteiger charge is 2.07. The normalized spacial score (nSPS) is 10.8. The van der Waals surface area contributed by atoms with E-state index in [1.165, 1.54) is 6.07 Å². The molecule has 106 valence electrons. The van der Waals surface area contributed by atoms with Gasteiger partial charge in [0.15, 0.2) is 11.6 Å². The molecule has 0 heterocycles. The molecule has 0 aliphatic heterocycles. The molecule has 0 aromatic heterocycles. The Morgan fingerprint density at radius 2 is 1.70 bits per heavy atom. The lowest BCUT2D eigenvalue weighted by atomic mass is 10.0. The molecule has 0 spiro atoms. The minimum atomic E-state index is -0.854. The fraction of sp³-hybridized carbons (Fsp3) is 0.250. The van der Waals surface area contributed by atoms with Crippen molar-refractivity contribution in [3.05, 3.63) is 58.6 Å². The summed E-state index contributed by atoms with van der Waals surface area (Å²) in [5.74, 6) is -1.70. The maximum Gasteiger partial charge on any atom is 0.159 e. The quantitative estimate of drug-likeness (QED) is 0.782. The second-order valence-corrected chi connectivity index (χ2v) is 5.02. The number of hydrogen-bond donors (Lipinski definition) is 1. The Morgan fingerprint density at radius 3 is 2.35 bits per heavy atom.